The van der Waals surface area contributed by atoms with Crippen LogP contribution in [0.2, 0.25) is 0 Å². The van der Waals surface area contributed by atoms with Crippen LogP contribution in [0.4, 0.5) is 10.5 Å². The number of carbonyl (C=O) groups is 1. The van der Waals surface area contributed by atoms with Crippen molar-refractivity contribution in [3.63, 3.8) is 0 Å². The van der Waals surface area contributed by atoms with E-state index in [1.165, 1.54) is 5.56 Å². The molecule has 1 atom stereocenters. The molecule has 158 valence electrons. The SMILES string of the molecule is COc1ccc(N2C[C@H](CN3CCC(c4ccc5c(c4)OCO5)CC3)OC2=O)cc1. The van der Waals surface area contributed by atoms with E-state index in [1.54, 1.807) is 12.0 Å². The smallest absolute Gasteiger partial charge is 0.414 e. The van der Waals surface area contributed by atoms with Gasteiger partial charge in [-0.1, -0.05) is 6.07 Å². The summed E-state index contributed by atoms with van der Waals surface area (Å²) < 4.78 is 21.7. The minimum absolute atomic E-state index is 0.110. The Morgan fingerprint density at radius 1 is 1.03 bits per heavy atom. The average molecular weight is 410 g/mol. The van der Waals surface area contributed by atoms with Crippen LogP contribution in [-0.4, -0.2) is 57.2 Å². The standard InChI is InChI=1S/C23H26N2O5/c1-27-19-5-3-18(4-6-19)25-14-20(30-23(25)26)13-24-10-8-16(9-11-24)17-2-7-21-22(12-17)29-15-28-21/h2-7,12,16,20H,8-11,13-15H2,1H3/t20-/m0/s1. The van der Waals surface area contributed by atoms with Gasteiger partial charge < -0.3 is 18.9 Å². The molecule has 0 aromatic heterocycles. The van der Waals surface area contributed by atoms with Crippen molar-refractivity contribution in [3.8, 4) is 17.2 Å². The van der Waals surface area contributed by atoms with E-state index in [1.807, 2.05) is 30.3 Å². The van der Waals surface area contributed by atoms with Crippen molar-refractivity contribution in [1.82, 2.24) is 4.90 Å². The summed E-state index contributed by atoms with van der Waals surface area (Å²) >= 11 is 0. The molecule has 2 saturated heterocycles. The number of hydrogen-bond acceptors (Lipinski definition) is 6. The van der Waals surface area contributed by atoms with Crippen LogP contribution < -0.4 is 19.1 Å². The number of fused-ring (bicyclic) bond motifs is 1. The Labute approximate surface area is 176 Å². The average Bonchev–Trinajstić information content (AvgIpc) is 3.40. The van der Waals surface area contributed by atoms with Gasteiger partial charge in [0.15, 0.2) is 11.5 Å². The second-order valence-electron chi connectivity index (χ2n) is 8.00. The van der Waals surface area contributed by atoms with Crippen LogP contribution in [0, 0.1) is 0 Å². The molecule has 7 heteroatoms. The highest BCUT2D eigenvalue weighted by molar-refractivity contribution is 5.89. The number of ether oxygens (including phenoxy) is 4. The number of piperidine rings is 1. The van der Waals surface area contributed by atoms with Gasteiger partial charge in [-0.15, -0.1) is 0 Å². The van der Waals surface area contributed by atoms with Crippen molar-refractivity contribution in [2.75, 3.05) is 45.0 Å². The van der Waals surface area contributed by atoms with Crippen LogP contribution in [0.15, 0.2) is 42.5 Å². The number of rotatable bonds is 5. The maximum absolute atomic E-state index is 12.3. The first kappa shape index (κ1) is 19.1. The van der Waals surface area contributed by atoms with E-state index in [4.69, 9.17) is 18.9 Å². The van der Waals surface area contributed by atoms with Gasteiger partial charge in [-0.3, -0.25) is 9.80 Å². The number of benzene rings is 2. The molecule has 0 spiro atoms. The number of likely N-dealkylation sites (tertiary alicyclic amines) is 1. The second kappa shape index (κ2) is 8.07. The third-order valence-electron chi connectivity index (χ3n) is 6.18. The van der Waals surface area contributed by atoms with Crippen molar-refractivity contribution in [2.45, 2.75) is 24.9 Å². The van der Waals surface area contributed by atoms with Crippen molar-refractivity contribution >= 4 is 11.8 Å². The van der Waals surface area contributed by atoms with Crippen LogP contribution in [0.25, 0.3) is 0 Å². The molecular weight excluding hydrogens is 384 g/mol. The molecule has 0 aliphatic carbocycles. The Morgan fingerprint density at radius 2 is 1.80 bits per heavy atom. The monoisotopic (exact) mass is 410 g/mol. The first-order chi connectivity index (χ1) is 14.7. The summed E-state index contributed by atoms with van der Waals surface area (Å²) in [5.41, 5.74) is 2.15. The zero-order valence-corrected chi connectivity index (χ0v) is 17.1. The topological polar surface area (TPSA) is 60.5 Å². The number of methoxy groups -OCH3 is 1. The van der Waals surface area contributed by atoms with E-state index >= 15 is 0 Å². The van der Waals surface area contributed by atoms with Crippen LogP contribution in [0.1, 0.15) is 24.3 Å². The van der Waals surface area contributed by atoms with Gasteiger partial charge in [0.1, 0.15) is 11.9 Å². The molecule has 0 bridgehead atoms. The predicted octanol–water partition coefficient (Wildman–Crippen LogP) is 3.63. The van der Waals surface area contributed by atoms with E-state index in [0.717, 1.165) is 55.4 Å². The highest BCUT2D eigenvalue weighted by Gasteiger charge is 2.34. The Bertz CT molecular complexity index is 908. The number of hydrogen-bond donors (Lipinski definition) is 0. The summed E-state index contributed by atoms with van der Waals surface area (Å²) in [6.45, 7) is 3.65. The minimum Gasteiger partial charge on any atom is -0.497 e. The highest BCUT2D eigenvalue weighted by atomic mass is 16.7. The molecule has 0 unspecified atom stereocenters. The lowest BCUT2D eigenvalue weighted by Gasteiger charge is -2.33. The number of amides is 1. The van der Waals surface area contributed by atoms with E-state index in [9.17, 15) is 4.79 Å². The maximum atomic E-state index is 12.3. The fourth-order valence-corrected chi connectivity index (χ4v) is 4.49. The summed E-state index contributed by atoms with van der Waals surface area (Å²) in [5.74, 6) is 2.98. The number of carbonyl (C=O) groups excluding carboxylic acids is 1. The molecule has 0 saturated carbocycles. The molecule has 0 radical (unpaired) electrons. The van der Waals surface area contributed by atoms with Crippen molar-refractivity contribution in [3.05, 3.63) is 48.0 Å². The normalized spacial score (nSPS) is 21.7. The predicted molar refractivity (Wildman–Crippen MR) is 112 cm³/mol. The molecule has 3 aliphatic heterocycles. The zero-order chi connectivity index (χ0) is 20.5. The van der Waals surface area contributed by atoms with Gasteiger partial charge in [-0.2, -0.15) is 0 Å². The van der Waals surface area contributed by atoms with Gasteiger partial charge in [0.25, 0.3) is 0 Å². The van der Waals surface area contributed by atoms with Crippen LogP contribution in [-0.2, 0) is 4.74 Å². The van der Waals surface area contributed by atoms with Crippen molar-refractivity contribution in [2.24, 2.45) is 0 Å². The minimum atomic E-state index is -0.277. The largest absolute Gasteiger partial charge is 0.497 e. The third-order valence-corrected chi connectivity index (χ3v) is 6.18. The van der Waals surface area contributed by atoms with Crippen molar-refractivity contribution in [1.29, 1.82) is 0 Å². The Kier molecular flexibility index (Phi) is 5.12. The summed E-state index contributed by atoms with van der Waals surface area (Å²) in [6, 6.07) is 13.8. The Balaban J connectivity index is 1.14. The summed E-state index contributed by atoms with van der Waals surface area (Å²) in [4.78, 5) is 16.4. The second-order valence-corrected chi connectivity index (χ2v) is 8.00. The lowest BCUT2D eigenvalue weighted by Crippen LogP contribution is -2.39. The lowest BCUT2D eigenvalue weighted by molar-refractivity contribution is 0.0976. The molecule has 3 heterocycles. The van der Waals surface area contributed by atoms with E-state index in [2.05, 4.69) is 17.0 Å². The van der Waals surface area contributed by atoms with Crippen molar-refractivity contribution < 1.29 is 23.7 Å². The maximum Gasteiger partial charge on any atom is 0.414 e. The summed E-state index contributed by atoms with van der Waals surface area (Å²) in [5, 5.41) is 0. The molecule has 1 amide bonds. The first-order valence-corrected chi connectivity index (χ1v) is 10.4. The highest BCUT2D eigenvalue weighted by Crippen LogP contribution is 2.37. The molecule has 5 rings (SSSR count). The van der Waals surface area contributed by atoms with Crippen LogP contribution >= 0.6 is 0 Å². The zero-order valence-electron chi connectivity index (χ0n) is 17.1. The molecule has 0 N–H and O–H groups in total. The van der Waals surface area contributed by atoms with Gasteiger partial charge in [-0.05, 0) is 73.8 Å². The van der Waals surface area contributed by atoms with Gasteiger partial charge in [0.05, 0.1) is 13.7 Å². The molecule has 2 aromatic rings. The number of cyclic esters (lactones) is 1. The fourth-order valence-electron chi connectivity index (χ4n) is 4.49. The molecule has 2 fully saturated rings. The molecular formula is C23H26N2O5. The Hall–Kier alpha value is -2.93. The Morgan fingerprint density at radius 3 is 2.57 bits per heavy atom. The number of nitrogens with zero attached hydrogens (tertiary/aromatic N) is 2. The van der Waals surface area contributed by atoms with E-state index in [0.29, 0.717) is 19.3 Å². The summed E-state index contributed by atoms with van der Waals surface area (Å²) in [6.07, 6.45) is 1.78. The van der Waals surface area contributed by atoms with E-state index < -0.39 is 0 Å². The van der Waals surface area contributed by atoms with Crippen LogP contribution in [0.5, 0.6) is 17.2 Å². The lowest BCUT2D eigenvalue weighted by atomic mass is 9.89. The number of anilines is 1. The summed E-state index contributed by atoms with van der Waals surface area (Å²) in [7, 11) is 1.63. The quantitative estimate of drug-likeness (QED) is 0.750. The molecule has 2 aromatic carbocycles. The fraction of sp³-hybridized carbons (Fsp3) is 0.435. The first-order valence-electron chi connectivity index (χ1n) is 10.4. The third kappa shape index (κ3) is 3.77. The van der Waals surface area contributed by atoms with Gasteiger partial charge in [-0.25, -0.2) is 4.79 Å². The molecule has 7 nitrogen and oxygen atoms in total. The van der Waals surface area contributed by atoms with Crippen LogP contribution in [0.3, 0.4) is 0 Å². The molecule has 3 aliphatic rings. The van der Waals surface area contributed by atoms with Gasteiger partial charge in [0, 0.05) is 12.2 Å². The van der Waals surface area contributed by atoms with Gasteiger partial charge >= 0.3 is 6.09 Å². The van der Waals surface area contributed by atoms with Gasteiger partial charge in [0.2, 0.25) is 6.79 Å². The molecule has 30 heavy (non-hydrogen) atoms. The van der Waals surface area contributed by atoms with E-state index in [-0.39, 0.29) is 12.2 Å².